The Balaban J connectivity index is 1.42. The highest BCUT2D eigenvalue weighted by Crippen LogP contribution is 2.27. The topological polar surface area (TPSA) is 91.3 Å². The van der Waals surface area contributed by atoms with E-state index >= 15 is 0 Å². The number of aromatic nitrogens is 3. The molecule has 4 rings (SSSR count). The summed E-state index contributed by atoms with van der Waals surface area (Å²) in [6, 6.07) is 11.5. The lowest BCUT2D eigenvalue weighted by Crippen LogP contribution is -2.49. The van der Waals surface area contributed by atoms with Gasteiger partial charge in [-0.25, -0.2) is 13.4 Å². The van der Waals surface area contributed by atoms with Crippen molar-refractivity contribution in [1.29, 1.82) is 0 Å². The second-order valence-electron chi connectivity index (χ2n) is 8.24. The van der Waals surface area contributed by atoms with Gasteiger partial charge in [-0.3, -0.25) is 0 Å². The van der Waals surface area contributed by atoms with Crippen LogP contribution in [0.25, 0.3) is 0 Å². The van der Waals surface area contributed by atoms with Gasteiger partial charge in [0.25, 0.3) is 0 Å². The minimum Gasteiger partial charge on any atom is -0.352 e. The summed E-state index contributed by atoms with van der Waals surface area (Å²) >= 11 is 0. The van der Waals surface area contributed by atoms with E-state index in [9.17, 15) is 8.42 Å². The Hall–Kier alpha value is -3.04. The van der Waals surface area contributed by atoms with Crippen LogP contribution in [0.5, 0.6) is 0 Å². The van der Waals surface area contributed by atoms with Gasteiger partial charge in [0.1, 0.15) is 5.82 Å². The number of anilines is 3. The molecule has 3 heterocycles. The number of piperazine rings is 1. The number of hydrogen-bond acceptors (Lipinski definition) is 7. The highest BCUT2D eigenvalue weighted by molar-refractivity contribution is 7.89. The van der Waals surface area contributed by atoms with Gasteiger partial charge in [-0.05, 0) is 68.7 Å². The maximum atomic E-state index is 13.3. The number of nitrogens with one attached hydrogen (secondary N) is 1. The summed E-state index contributed by atoms with van der Waals surface area (Å²) in [7, 11) is -3.54. The maximum Gasteiger partial charge on any atom is 0.243 e. The van der Waals surface area contributed by atoms with Gasteiger partial charge >= 0.3 is 0 Å². The van der Waals surface area contributed by atoms with E-state index < -0.39 is 10.0 Å². The quantitative estimate of drug-likeness (QED) is 0.635. The standard InChI is InChI=1S/C23H28N6O2S/c1-16-7-8-24-21(15-16)25-20-5-6-22(27-26-20)28-9-11-29(12-10-28)32(30,31)23-18(3)13-17(2)14-19(23)4/h5-8,13-15H,9-12H2,1-4H3,(H,24,25,26). The number of hydrogen-bond donors (Lipinski definition) is 1. The maximum absolute atomic E-state index is 13.3. The smallest absolute Gasteiger partial charge is 0.243 e. The Labute approximate surface area is 189 Å². The van der Waals surface area contributed by atoms with E-state index in [1.54, 1.807) is 10.5 Å². The molecule has 3 aromatic rings. The van der Waals surface area contributed by atoms with Crippen molar-refractivity contribution in [3.63, 3.8) is 0 Å². The van der Waals surface area contributed by atoms with Gasteiger partial charge in [-0.2, -0.15) is 4.31 Å². The molecule has 1 aliphatic heterocycles. The third-order valence-corrected chi connectivity index (χ3v) is 7.79. The van der Waals surface area contributed by atoms with E-state index in [0.717, 1.165) is 28.1 Å². The van der Waals surface area contributed by atoms with Gasteiger partial charge in [0.05, 0.1) is 4.90 Å². The van der Waals surface area contributed by atoms with E-state index in [1.807, 2.05) is 64.1 Å². The molecule has 2 aromatic heterocycles. The van der Waals surface area contributed by atoms with E-state index in [1.165, 1.54) is 0 Å². The zero-order valence-electron chi connectivity index (χ0n) is 18.8. The fraction of sp³-hybridized carbons (Fsp3) is 0.348. The molecular weight excluding hydrogens is 424 g/mol. The molecule has 0 amide bonds. The summed E-state index contributed by atoms with van der Waals surface area (Å²) in [6.45, 7) is 9.64. The molecule has 1 N–H and O–H groups in total. The van der Waals surface area contributed by atoms with Gasteiger partial charge in [-0.15, -0.1) is 10.2 Å². The molecule has 0 saturated carbocycles. The van der Waals surface area contributed by atoms with Crippen molar-refractivity contribution in [3.8, 4) is 0 Å². The van der Waals surface area contributed by atoms with Crippen LogP contribution in [0, 0.1) is 27.7 Å². The molecular formula is C23H28N6O2S. The molecule has 168 valence electrons. The van der Waals surface area contributed by atoms with E-state index in [-0.39, 0.29) is 0 Å². The van der Waals surface area contributed by atoms with Crippen LogP contribution in [0.1, 0.15) is 22.3 Å². The summed E-state index contributed by atoms with van der Waals surface area (Å²) < 4.78 is 28.2. The average Bonchev–Trinajstić information content (AvgIpc) is 2.73. The van der Waals surface area contributed by atoms with Crippen LogP contribution in [0.3, 0.4) is 0 Å². The molecule has 1 aliphatic rings. The Kier molecular flexibility index (Phi) is 6.12. The summed E-state index contributed by atoms with van der Waals surface area (Å²) in [5.74, 6) is 2.05. The summed E-state index contributed by atoms with van der Waals surface area (Å²) in [6.07, 6.45) is 1.74. The van der Waals surface area contributed by atoms with E-state index in [4.69, 9.17) is 0 Å². The predicted molar refractivity (Wildman–Crippen MR) is 126 cm³/mol. The van der Waals surface area contributed by atoms with Gasteiger partial charge in [0, 0.05) is 32.4 Å². The van der Waals surface area contributed by atoms with Crippen molar-refractivity contribution in [3.05, 3.63) is 64.8 Å². The molecule has 9 heteroatoms. The van der Waals surface area contributed by atoms with Gasteiger partial charge in [0.2, 0.25) is 10.0 Å². The monoisotopic (exact) mass is 452 g/mol. The molecule has 8 nitrogen and oxygen atoms in total. The number of pyridine rings is 1. The minimum absolute atomic E-state index is 0.407. The lowest BCUT2D eigenvalue weighted by atomic mass is 10.1. The normalized spacial score (nSPS) is 15.1. The molecule has 1 saturated heterocycles. The first-order valence-electron chi connectivity index (χ1n) is 10.6. The minimum atomic E-state index is -3.54. The fourth-order valence-corrected chi connectivity index (χ4v) is 5.99. The molecule has 32 heavy (non-hydrogen) atoms. The fourth-order valence-electron chi connectivity index (χ4n) is 4.16. The Morgan fingerprint density at radius 1 is 0.812 bits per heavy atom. The molecule has 1 aromatic carbocycles. The van der Waals surface area contributed by atoms with Crippen molar-refractivity contribution in [2.45, 2.75) is 32.6 Å². The Morgan fingerprint density at radius 3 is 2.09 bits per heavy atom. The van der Waals surface area contributed by atoms with Crippen molar-refractivity contribution in [2.24, 2.45) is 0 Å². The number of aryl methyl sites for hydroxylation is 4. The molecule has 0 radical (unpaired) electrons. The van der Waals surface area contributed by atoms with Crippen LogP contribution in [0.2, 0.25) is 0 Å². The van der Waals surface area contributed by atoms with Crippen LogP contribution >= 0.6 is 0 Å². The molecule has 0 atom stereocenters. The first-order chi connectivity index (χ1) is 15.2. The molecule has 0 bridgehead atoms. The zero-order chi connectivity index (χ0) is 22.9. The van der Waals surface area contributed by atoms with E-state index in [0.29, 0.717) is 42.7 Å². The SMILES string of the molecule is Cc1ccnc(Nc2ccc(N3CCN(S(=O)(=O)c4c(C)cc(C)cc4C)CC3)nn2)c1. The molecule has 0 spiro atoms. The van der Waals surface area contributed by atoms with Gasteiger partial charge < -0.3 is 10.2 Å². The van der Waals surface area contributed by atoms with Gasteiger partial charge in [-0.1, -0.05) is 17.7 Å². The molecule has 0 aliphatic carbocycles. The first kappa shape index (κ1) is 22.2. The second-order valence-corrected chi connectivity index (χ2v) is 10.1. The highest BCUT2D eigenvalue weighted by Gasteiger charge is 2.31. The van der Waals surface area contributed by atoms with Crippen LogP contribution in [0.15, 0.2) is 47.5 Å². The van der Waals surface area contributed by atoms with Crippen LogP contribution < -0.4 is 10.2 Å². The lowest BCUT2D eigenvalue weighted by molar-refractivity contribution is 0.383. The molecule has 0 unspecified atom stereocenters. The number of rotatable bonds is 5. The zero-order valence-corrected chi connectivity index (χ0v) is 19.6. The highest BCUT2D eigenvalue weighted by atomic mass is 32.2. The predicted octanol–water partition coefficient (Wildman–Crippen LogP) is 3.36. The van der Waals surface area contributed by atoms with Crippen molar-refractivity contribution in [1.82, 2.24) is 19.5 Å². The van der Waals surface area contributed by atoms with Crippen LogP contribution in [-0.4, -0.2) is 54.1 Å². The van der Waals surface area contributed by atoms with E-state index in [2.05, 4.69) is 25.4 Å². The largest absolute Gasteiger partial charge is 0.352 e. The average molecular weight is 453 g/mol. The first-order valence-corrected chi connectivity index (χ1v) is 12.0. The number of sulfonamides is 1. The third-order valence-electron chi connectivity index (χ3n) is 5.59. The Morgan fingerprint density at radius 2 is 1.50 bits per heavy atom. The summed E-state index contributed by atoms with van der Waals surface area (Å²) in [5.41, 5.74) is 3.76. The van der Waals surface area contributed by atoms with Crippen molar-refractivity contribution < 1.29 is 8.42 Å². The van der Waals surface area contributed by atoms with Crippen LogP contribution in [0.4, 0.5) is 17.5 Å². The van der Waals surface area contributed by atoms with Crippen LogP contribution in [-0.2, 0) is 10.0 Å². The molecule has 1 fully saturated rings. The van der Waals surface area contributed by atoms with Crippen molar-refractivity contribution >= 4 is 27.5 Å². The second kappa shape index (κ2) is 8.84. The lowest BCUT2D eigenvalue weighted by Gasteiger charge is -2.35. The Bertz CT molecular complexity index is 1200. The summed E-state index contributed by atoms with van der Waals surface area (Å²) in [4.78, 5) is 6.75. The summed E-state index contributed by atoms with van der Waals surface area (Å²) in [5, 5.41) is 11.7. The number of nitrogens with zero attached hydrogens (tertiary/aromatic N) is 5. The van der Waals surface area contributed by atoms with Crippen molar-refractivity contribution in [2.75, 3.05) is 36.4 Å². The number of benzene rings is 1. The third kappa shape index (κ3) is 4.58. The van der Waals surface area contributed by atoms with Gasteiger partial charge in [0.15, 0.2) is 11.6 Å².